The highest BCUT2D eigenvalue weighted by Crippen LogP contribution is 2.24. The summed E-state index contributed by atoms with van der Waals surface area (Å²) in [6.45, 7) is 0. The predicted octanol–water partition coefficient (Wildman–Crippen LogP) is 4.58. The largest absolute Gasteiger partial charge is 0.280 e. The van der Waals surface area contributed by atoms with Gasteiger partial charge in [-0.15, -0.1) is 11.6 Å². The maximum atomic E-state index is 5.97. The van der Waals surface area contributed by atoms with E-state index in [0.717, 1.165) is 27.1 Å². The minimum atomic E-state index is 0.310. The van der Waals surface area contributed by atoms with Gasteiger partial charge < -0.3 is 0 Å². The van der Waals surface area contributed by atoms with E-state index in [0.29, 0.717) is 10.9 Å². The number of benzene rings is 1. The third-order valence-corrected chi connectivity index (χ3v) is 3.71. The van der Waals surface area contributed by atoms with Gasteiger partial charge in [-0.1, -0.05) is 27.5 Å². The smallest absolute Gasteiger partial charge is 0.164 e. The highest BCUT2D eigenvalue weighted by Gasteiger charge is 2.13. The molecule has 19 heavy (non-hydrogen) atoms. The number of aromatic nitrogens is 3. The molecule has 0 N–H and O–H groups in total. The molecule has 0 atom stereocenters. The summed E-state index contributed by atoms with van der Waals surface area (Å²) in [6.07, 6.45) is 1.61. The number of halogens is 3. The Kier molecular flexibility index (Phi) is 3.48. The van der Waals surface area contributed by atoms with E-state index < -0.39 is 0 Å². The van der Waals surface area contributed by atoms with Gasteiger partial charge in [-0.3, -0.25) is 4.57 Å². The van der Waals surface area contributed by atoms with Crippen molar-refractivity contribution in [3.8, 4) is 5.69 Å². The van der Waals surface area contributed by atoms with E-state index >= 15 is 0 Å². The second-order valence-corrected chi connectivity index (χ2v) is 5.59. The summed E-state index contributed by atoms with van der Waals surface area (Å²) in [5.74, 6) is 1.05. The van der Waals surface area contributed by atoms with Crippen LogP contribution >= 0.6 is 39.1 Å². The lowest BCUT2D eigenvalue weighted by Crippen LogP contribution is -1.99. The van der Waals surface area contributed by atoms with Crippen molar-refractivity contribution in [1.29, 1.82) is 0 Å². The van der Waals surface area contributed by atoms with E-state index in [9.17, 15) is 0 Å². The standard InChI is InChI=1S/C13H8BrCl2N3/c14-8-1-3-10(4-2-8)19-12(6-15)18-11-5-9(16)7-17-13(11)19/h1-5,7H,6H2. The number of pyridine rings is 1. The number of rotatable bonds is 2. The SMILES string of the molecule is ClCc1nc2cc(Cl)cnc2n1-c1ccc(Br)cc1. The quantitative estimate of drug-likeness (QED) is 0.629. The molecule has 0 fully saturated rings. The van der Waals surface area contributed by atoms with Crippen LogP contribution in [0.4, 0.5) is 0 Å². The van der Waals surface area contributed by atoms with Crippen molar-refractivity contribution < 1.29 is 0 Å². The first-order valence-electron chi connectivity index (χ1n) is 5.54. The van der Waals surface area contributed by atoms with Gasteiger partial charge in [0.2, 0.25) is 0 Å². The van der Waals surface area contributed by atoms with Crippen molar-refractivity contribution >= 4 is 50.3 Å². The van der Waals surface area contributed by atoms with Gasteiger partial charge in [0.05, 0.1) is 10.9 Å². The predicted molar refractivity (Wildman–Crippen MR) is 81.1 cm³/mol. The molecule has 6 heteroatoms. The summed E-state index contributed by atoms with van der Waals surface area (Å²) in [5, 5.41) is 0.564. The second kappa shape index (κ2) is 5.12. The Morgan fingerprint density at radius 1 is 1.21 bits per heavy atom. The van der Waals surface area contributed by atoms with Gasteiger partial charge in [0, 0.05) is 16.4 Å². The molecule has 3 aromatic rings. The summed E-state index contributed by atoms with van der Waals surface area (Å²) >= 11 is 15.3. The molecule has 0 aliphatic carbocycles. The van der Waals surface area contributed by atoms with Gasteiger partial charge in [0.1, 0.15) is 11.3 Å². The second-order valence-electron chi connectivity index (χ2n) is 3.97. The van der Waals surface area contributed by atoms with Crippen LogP contribution in [0.15, 0.2) is 41.0 Å². The van der Waals surface area contributed by atoms with Crippen LogP contribution in [0.2, 0.25) is 5.02 Å². The zero-order chi connectivity index (χ0) is 13.4. The third-order valence-electron chi connectivity index (χ3n) is 2.74. The lowest BCUT2D eigenvalue weighted by atomic mass is 10.3. The number of hydrogen-bond donors (Lipinski definition) is 0. The maximum Gasteiger partial charge on any atom is 0.164 e. The molecular weight excluding hydrogens is 349 g/mol. The molecule has 2 heterocycles. The summed E-state index contributed by atoms with van der Waals surface area (Å²) in [7, 11) is 0. The van der Waals surface area contributed by atoms with Crippen LogP contribution in [0.25, 0.3) is 16.9 Å². The molecule has 0 aliphatic heterocycles. The van der Waals surface area contributed by atoms with Crippen molar-refractivity contribution in [2.75, 3.05) is 0 Å². The Labute approximate surface area is 128 Å². The van der Waals surface area contributed by atoms with Crippen molar-refractivity contribution in [1.82, 2.24) is 14.5 Å². The van der Waals surface area contributed by atoms with Gasteiger partial charge in [-0.25, -0.2) is 9.97 Å². The summed E-state index contributed by atoms with van der Waals surface area (Å²) < 4.78 is 2.95. The van der Waals surface area contributed by atoms with Gasteiger partial charge in [0.15, 0.2) is 5.65 Å². The molecule has 3 rings (SSSR count). The van der Waals surface area contributed by atoms with E-state index in [2.05, 4.69) is 25.9 Å². The van der Waals surface area contributed by atoms with Gasteiger partial charge >= 0.3 is 0 Å². The third kappa shape index (κ3) is 2.36. The van der Waals surface area contributed by atoms with Gasteiger partial charge in [-0.2, -0.15) is 0 Å². The molecule has 3 nitrogen and oxygen atoms in total. The Balaban J connectivity index is 2.29. The van der Waals surface area contributed by atoms with Crippen LogP contribution in [0, 0.1) is 0 Å². The molecule has 0 bridgehead atoms. The Hall–Kier alpha value is -1.10. The van der Waals surface area contributed by atoms with Crippen LogP contribution in [0.3, 0.4) is 0 Å². The fraction of sp³-hybridized carbons (Fsp3) is 0.0769. The minimum absolute atomic E-state index is 0.310. The van der Waals surface area contributed by atoms with E-state index in [-0.39, 0.29) is 0 Å². The number of nitrogens with zero attached hydrogens (tertiary/aromatic N) is 3. The van der Waals surface area contributed by atoms with E-state index in [1.54, 1.807) is 12.3 Å². The monoisotopic (exact) mass is 355 g/mol. The average molecular weight is 357 g/mol. The Bertz CT molecular complexity index is 737. The van der Waals surface area contributed by atoms with Crippen LogP contribution in [0.5, 0.6) is 0 Å². The first-order valence-corrected chi connectivity index (χ1v) is 7.24. The molecule has 0 saturated heterocycles. The molecule has 0 aliphatic rings. The normalized spacial score (nSPS) is 11.1. The van der Waals surface area contributed by atoms with Crippen LogP contribution in [0.1, 0.15) is 5.82 Å². The highest BCUT2D eigenvalue weighted by atomic mass is 79.9. The molecule has 1 aromatic carbocycles. The Morgan fingerprint density at radius 2 is 1.95 bits per heavy atom. The number of fused-ring (bicyclic) bond motifs is 1. The topological polar surface area (TPSA) is 30.7 Å². The molecule has 0 spiro atoms. The van der Waals surface area contributed by atoms with Crippen LogP contribution in [-0.2, 0) is 5.88 Å². The summed E-state index contributed by atoms with van der Waals surface area (Å²) in [5.41, 5.74) is 2.46. The maximum absolute atomic E-state index is 5.97. The molecule has 0 radical (unpaired) electrons. The van der Waals surface area contributed by atoms with E-state index in [1.807, 2.05) is 28.8 Å². The molecule has 0 saturated carbocycles. The lowest BCUT2D eigenvalue weighted by Gasteiger charge is -2.07. The lowest BCUT2D eigenvalue weighted by molar-refractivity contribution is 0.969. The first-order chi connectivity index (χ1) is 9.19. The zero-order valence-corrected chi connectivity index (χ0v) is 12.7. The highest BCUT2D eigenvalue weighted by molar-refractivity contribution is 9.10. The van der Waals surface area contributed by atoms with E-state index in [1.165, 1.54) is 0 Å². The molecule has 0 amide bonds. The number of hydrogen-bond acceptors (Lipinski definition) is 2. The first kappa shape index (κ1) is 12.9. The van der Waals surface area contributed by atoms with Crippen molar-refractivity contribution in [2.24, 2.45) is 0 Å². The van der Waals surface area contributed by atoms with Crippen molar-refractivity contribution in [3.05, 3.63) is 51.8 Å². The fourth-order valence-corrected chi connectivity index (χ4v) is 2.53. The van der Waals surface area contributed by atoms with Crippen LogP contribution in [-0.4, -0.2) is 14.5 Å². The van der Waals surface area contributed by atoms with Gasteiger partial charge in [-0.05, 0) is 30.3 Å². The fourth-order valence-electron chi connectivity index (χ4n) is 1.94. The molecule has 0 unspecified atom stereocenters. The summed E-state index contributed by atoms with van der Waals surface area (Å²) in [6, 6.07) is 9.69. The van der Waals surface area contributed by atoms with Crippen molar-refractivity contribution in [2.45, 2.75) is 5.88 Å². The number of alkyl halides is 1. The molecule has 96 valence electrons. The van der Waals surface area contributed by atoms with Crippen molar-refractivity contribution in [3.63, 3.8) is 0 Å². The summed E-state index contributed by atoms with van der Waals surface area (Å²) in [4.78, 5) is 8.81. The van der Waals surface area contributed by atoms with E-state index in [4.69, 9.17) is 23.2 Å². The number of imidazole rings is 1. The van der Waals surface area contributed by atoms with Crippen LogP contribution < -0.4 is 0 Å². The molecular formula is C13H8BrCl2N3. The average Bonchev–Trinajstić information content (AvgIpc) is 2.77. The zero-order valence-electron chi connectivity index (χ0n) is 9.65. The van der Waals surface area contributed by atoms with Gasteiger partial charge in [0.25, 0.3) is 0 Å². The Morgan fingerprint density at radius 3 is 2.63 bits per heavy atom. The minimum Gasteiger partial charge on any atom is -0.280 e. The molecule has 2 aromatic heterocycles.